The van der Waals surface area contributed by atoms with E-state index in [4.69, 9.17) is 23.8 Å². The normalized spacial score (nSPS) is 14.6. The minimum absolute atomic E-state index is 0.710. The quantitative estimate of drug-likeness (QED) is 0.621. The van der Waals surface area contributed by atoms with Crippen LogP contribution in [0, 0.1) is 0 Å². The molecule has 0 spiro atoms. The molecule has 2 aromatic carbocycles. The molecule has 1 heterocycles. The van der Waals surface area contributed by atoms with E-state index in [0.717, 1.165) is 37.0 Å². The molecular weight excluding hydrogens is 358 g/mol. The van der Waals surface area contributed by atoms with Gasteiger partial charge in [-0.05, 0) is 48.8 Å². The summed E-state index contributed by atoms with van der Waals surface area (Å²) in [5.41, 5.74) is 2.25. The number of halogens is 1. The third-order valence-corrected chi connectivity index (χ3v) is 5.45. The molecule has 0 bridgehead atoms. The monoisotopic (exact) mass is 377 g/mol. The Bertz CT molecular complexity index is 715. The number of nitrogens with one attached hydrogen (secondary N) is 1. The topological polar surface area (TPSA) is 18.5 Å². The lowest BCUT2D eigenvalue weighted by Gasteiger charge is -2.38. The maximum absolute atomic E-state index is 6.02. The lowest BCUT2D eigenvalue weighted by atomic mass is 10.2. The number of hydrogen-bond donors (Lipinski definition) is 1. The molecule has 6 heteroatoms. The lowest BCUT2D eigenvalue weighted by Crippen LogP contribution is -2.50. The van der Waals surface area contributed by atoms with Crippen LogP contribution in [0.2, 0.25) is 5.02 Å². The summed E-state index contributed by atoms with van der Waals surface area (Å²) in [6, 6.07) is 16.2. The van der Waals surface area contributed by atoms with Crippen LogP contribution in [0.15, 0.2) is 53.4 Å². The van der Waals surface area contributed by atoms with Gasteiger partial charge in [0.15, 0.2) is 5.11 Å². The number of para-hydroxylation sites is 1. The van der Waals surface area contributed by atoms with Crippen molar-refractivity contribution in [1.82, 2.24) is 4.90 Å². The molecule has 1 aliphatic rings. The Hall–Kier alpha value is -1.43. The fraction of sp³-hybridized carbons (Fsp3) is 0.278. The molecule has 1 saturated heterocycles. The van der Waals surface area contributed by atoms with Crippen molar-refractivity contribution >= 4 is 52.1 Å². The highest BCUT2D eigenvalue weighted by atomic mass is 35.5. The molecule has 0 unspecified atom stereocenters. The first-order valence-corrected chi connectivity index (χ1v) is 9.88. The molecule has 0 radical (unpaired) electrons. The van der Waals surface area contributed by atoms with E-state index >= 15 is 0 Å². The molecule has 2 aromatic rings. The second kappa shape index (κ2) is 8.10. The Labute approximate surface area is 158 Å². The minimum Gasteiger partial charge on any atom is -0.367 e. The van der Waals surface area contributed by atoms with E-state index in [9.17, 15) is 0 Å². The van der Waals surface area contributed by atoms with E-state index in [0.29, 0.717) is 5.02 Å². The van der Waals surface area contributed by atoms with Gasteiger partial charge >= 0.3 is 0 Å². The molecule has 0 aliphatic carbocycles. The third-order valence-electron chi connectivity index (χ3n) is 4.07. The van der Waals surface area contributed by atoms with Gasteiger partial charge in [-0.25, -0.2) is 0 Å². The van der Waals surface area contributed by atoms with Crippen molar-refractivity contribution in [1.29, 1.82) is 0 Å². The highest BCUT2D eigenvalue weighted by Gasteiger charge is 2.20. The fourth-order valence-corrected chi connectivity index (χ4v) is 3.92. The Kier molecular flexibility index (Phi) is 5.87. The number of piperazine rings is 1. The number of rotatable bonds is 3. The first kappa shape index (κ1) is 17.4. The van der Waals surface area contributed by atoms with Gasteiger partial charge in [-0.3, -0.25) is 0 Å². The minimum atomic E-state index is 0.710. The maximum Gasteiger partial charge on any atom is 0.173 e. The zero-order chi connectivity index (χ0) is 16.9. The van der Waals surface area contributed by atoms with Crippen LogP contribution in [0.1, 0.15) is 0 Å². The van der Waals surface area contributed by atoms with E-state index in [1.54, 1.807) is 11.8 Å². The van der Waals surface area contributed by atoms with Gasteiger partial charge in [0.2, 0.25) is 0 Å². The molecule has 0 saturated carbocycles. The van der Waals surface area contributed by atoms with Crippen LogP contribution < -0.4 is 10.2 Å². The van der Waals surface area contributed by atoms with Crippen LogP contribution in [0.5, 0.6) is 0 Å². The molecule has 1 aliphatic heterocycles. The number of thiocarbonyl (C=S) groups is 1. The van der Waals surface area contributed by atoms with Crippen molar-refractivity contribution < 1.29 is 0 Å². The van der Waals surface area contributed by atoms with E-state index in [1.807, 2.05) is 24.3 Å². The number of benzene rings is 2. The van der Waals surface area contributed by atoms with Crippen molar-refractivity contribution in [3.8, 4) is 0 Å². The number of nitrogens with zero attached hydrogens (tertiary/aromatic N) is 2. The second-order valence-electron chi connectivity index (χ2n) is 5.59. The maximum atomic E-state index is 6.02. The van der Waals surface area contributed by atoms with Crippen LogP contribution in [0.25, 0.3) is 0 Å². The van der Waals surface area contributed by atoms with E-state index in [2.05, 4.69) is 45.6 Å². The highest BCUT2D eigenvalue weighted by molar-refractivity contribution is 7.98. The van der Waals surface area contributed by atoms with E-state index < -0.39 is 0 Å². The number of thioether (sulfide) groups is 1. The van der Waals surface area contributed by atoms with Crippen LogP contribution >= 0.6 is 35.6 Å². The first-order chi connectivity index (χ1) is 11.7. The predicted molar refractivity (Wildman–Crippen MR) is 110 cm³/mol. The zero-order valence-corrected chi connectivity index (χ0v) is 15.9. The number of anilines is 2. The van der Waals surface area contributed by atoms with Crippen LogP contribution in [-0.4, -0.2) is 42.4 Å². The Morgan fingerprint density at radius 2 is 1.83 bits per heavy atom. The molecule has 24 heavy (non-hydrogen) atoms. The summed E-state index contributed by atoms with van der Waals surface area (Å²) in [6.07, 6.45) is 2.12. The third kappa shape index (κ3) is 4.15. The van der Waals surface area contributed by atoms with Crippen LogP contribution in [-0.2, 0) is 0 Å². The summed E-state index contributed by atoms with van der Waals surface area (Å²) < 4.78 is 0. The molecule has 126 valence electrons. The van der Waals surface area contributed by atoms with Crippen molar-refractivity contribution in [2.24, 2.45) is 0 Å². The van der Waals surface area contributed by atoms with Gasteiger partial charge in [0.1, 0.15) is 0 Å². The molecule has 0 aromatic heterocycles. The summed E-state index contributed by atoms with van der Waals surface area (Å²) in [5, 5.41) is 4.75. The van der Waals surface area contributed by atoms with Gasteiger partial charge in [-0.15, -0.1) is 11.8 Å². The predicted octanol–water partition coefficient (Wildman–Crippen LogP) is 4.58. The van der Waals surface area contributed by atoms with Gasteiger partial charge in [0.05, 0.1) is 5.69 Å². The van der Waals surface area contributed by atoms with Gasteiger partial charge in [0, 0.05) is 41.8 Å². The largest absolute Gasteiger partial charge is 0.367 e. The average molecular weight is 378 g/mol. The standard InChI is InChI=1S/C18H20ClN3S2/c1-24-17-8-3-2-7-16(17)21-9-11-22(12-10-21)18(23)20-15-6-4-5-14(19)13-15/h2-8,13H,9-12H2,1H3,(H,20,23). The van der Waals surface area contributed by atoms with Crippen molar-refractivity contribution in [2.75, 3.05) is 42.7 Å². The van der Waals surface area contributed by atoms with Crippen LogP contribution in [0.3, 0.4) is 0 Å². The number of hydrogen-bond acceptors (Lipinski definition) is 3. The Morgan fingerprint density at radius 1 is 1.08 bits per heavy atom. The Balaban J connectivity index is 1.59. The molecule has 0 amide bonds. The zero-order valence-electron chi connectivity index (χ0n) is 13.5. The first-order valence-electron chi connectivity index (χ1n) is 7.87. The molecular formula is C18H20ClN3S2. The van der Waals surface area contributed by atoms with Crippen molar-refractivity contribution in [3.63, 3.8) is 0 Å². The van der Waals surface area contributed by atoms with E-state index in [-0.39, 0.29) is 0 Å². The summed E-state index contributed by atoms with van der Waals surface area (Å²) in [4.78, 5) is 5.98. The molecule has 3 nitrogen and oxygen atoms in total. The van der Waals surface area contributed by atoms with Crippen LogP contribution in [0.4, 0.5) is 11.4 Å². The van der Waals surface area contributed by atoms with Gasteiger partial charge in [-0.1, -0.05) is 29.8 Å². The summed E-state index contributed by atoms with van der Waals surface area (Å²) in [6.45, 7) is 3.76. The summed E-state index contributed by atoms with van der Waals surface area (Å²) in [7, 11) is 0. The summed E-state index contributed by atoms with van der Waals surface area (Å²) >= 11 is 13.4. The molecule has 1 N–H and O–H groups in total. The SMILES string of the molecule is CSc1ccccc1N1CCN(C(=S)Nc2cccc(Cl)c2)CC1. The average Bonchev–Trinajstić information content (AvgIpc) is 2.62. The van der Waals surface area contributed by atoms with Gasteiger partial charge in [0.25, 0.3) is 0 Å². The molecule has 1 fully saturated rings. The lowest BCUT2D eigenvalue weighted by molar-refractivity contribution is 0.390. The van der Waals surface area contributed by atoms with E-state index in [1.165, 1.54) is 10.6 Å². The molecule has 0 atom stereocenters. The fourth-order valence-electron chi connectivity index (χ4n) is 2.81. The van der Waals surface area contributed by atoms with Crippen molar-refractivity contribution in [2.45, 2.75) is 4.90 Å². The second-order valence-corrected chi connectivity index (χ2v) is 7.26. The van der Waals surface area contributed by atoms with Gasteiger partial charge in [-0.2, -0.15) is 0 Å². The van der Waals surface area contributed by atoms with Gasteiger partial charge < -0.3 is 15.1 Å². The summed E-state index contributed by atoms with van der Waals surface area (Å²) in [5.74, 6) is 0. The Morgan fingerprint density at radius 3 is 2.54 bits per heavy atom. The van der Waals surface area contributed by atoms with Crippen molar-refractivity contribution in [3.05, 3.63) is 53.6 Å². The smallest absolute Gasteiger partial charge is 0.173 e. The molecule has 3 rings (SSSR count). The highest BCUT2D eigenvalue weighted by Crippen LogP contribution is 2.29.